The van der Waals surface area contributed by atoms with Crippen molar-refractivity contribution in [3.63, 3.8) is 0 Å². The lowest BCUT2D eigenvalue weighted by atomic mass is 10.1. The van der Waals surface area contributed by atoms with Crippen LogP contribution in [-0.2, 0) is 0 Å². The molecule has 4 heteroatoms. The summed E-state index contributed by atoms with van der Waals surface area (Å²) in [5.41, 5.74) is 6.15. The van der Waals surface area contributed by atoms with Crippen LogP contribution < -0.4 is 5.73 Å². The lowest BCUT2D eigenvalue weighted by Gasteiger charge is -2.22. The van der Waals surface area contributed by atoms with E-state index in [1.54, 1.807) is 17.5 Å². The van der Waals surface area contributed by atoms with Crippen LogP contribution in [0.4, 0.5) is 0 Å². The van der Waals surface area contributed by atoms with E-state index in [1.165, 1.54) is 4.88 Å². The predicted octanol–water partition coefficient (Wildman–Crippen LogP) is 2.27. The molecule has 3 nitrogen and oxygen atoms in total. The first kappa shape index (κ1) is 10.4. The number of hydrogen-bond donors (Lipinski definition) is 1. The maximum Gasteiger partial charge on any atom is 0.101 e. The molecule has 2 heterocycles. The van der Waals surface area contributed by atoms with Crippen LogP contribution in [0.1, 0.15) is 24.3 Å². The monoisotopic (exact) mass is 221 g/mol. The van der Waals surface area contributed by atoms with Gasteiger partial charge in [-0.3, -0.25) is 4.68 Å². The van der Waals surface area contributed by atoms with Crippen LogP contribution in [0.25, 0.3) is 0 Å². The third-order valence-corrected chi connectivity index (χ3v) is 3.46. The van der Waals surface area contributed by atoms with E-state index in [1.807, 2.05) is 16.9 Å². The van der Waals surface area contributed by atoms with E-state index in [0.29, 0.717) is 0 Å². The Kier molecular flexibility index (Phi) is 3.18. The molecule has 0 aliphatic rings. The molecule has 2 rings (SSSR count). The van der Waals surface area contributed by atoms with Crippen molar-refractivity contribution in [3.8, 4) is 0 Å². The SMILES string of the molecule is CCC(N)C(c1cccs1)n1cccn1. The first-order chi connectivity index (χ1) is 7.33. The van der Waals surface area contributed by atoms with Crippen molar-refractivity contribution in [2.45, 2.75) is 25.4 Å². The Hall–Kier alpha value is -1.13. The molecule has 0 aliphatic heterocycles. The van der Waals surface area contributed by atoms with E-state index >= 15 is 0 Å². The molecule has 0 spiro atoms. The molecule has 0 saturated heterocycles. The highest BCUT2D eigenvalue weighted by molar-refractivity contribution is 7.10. The van der Waals surface area contributed by atoms with Gasteiger partial charge in [0.2, 0.25) is 0 Å². The third kappa shape index (κ3) is 2.11. The second-order valence-electron chi connectivity index (χ2n) is 3.52. The Labute approximate surface area is 93.5 Å². The van der Waals surface area contributed by atoms with E-state index in [9.17, 15) is 0 Å². The Bertz CT molecular complexity index is 346. The summed E-state index contributed by atoms with van der Waals surface area (Å²) in [6.07, 6.45) is 4.71. The molecule has 0 radical (unpaired) electrons. The highest BCUT2D eigenvalue weighted by Gasteiger charge is 2.21. The van der Waals surface area contributed by atoms with Gasteiger partial charge in [0.25, 0.3) is 0 Å². The zero-order valence-corrected chi connectivity index (χ0v) is 9.52. The van der Waals surface area contributed by atoms with Gasteiger partial charge in [-0.05, 0) is 23.9 Å². The van der Waals surface area contributed by atoms with Crippen LogP contribution in [0.2, 0.25) is 0 Å². The molecular formula is C11H15N3S. The summed E-state index contributed by atoms with van der Waals surface area (Å²) in [5.74, 6) is 0. The summed E-state index contributed by atoms with van der Waals surface area (Å²) in [7, 11) is 0. The topological polar surface area (TPSA) is 43.8 Å². The highest BCUT2D eigenvalue weighted by Crippen LogP contribution is 2.25. The maximum absolute atomic E-state index is 6.15. The number of nitrogens with zero attached hydrogens (tertiary/aromatic N) is 2. The molecule has 80 valence electrons. The largest absolute Gasteiger partial charge is 0.326 e. The highest BCUT2D eigenvalue weighted by atomic mass is 32.1. The van der Waals surface area contributed by atoms with Gasteiger partial charge in [0.05, 0.1) is 0 Å². The molecule has 0 fully saturated rings. The molecule has 2 aromatic heterocycles. The van der Waals surface area contributed by atoms with E-state index in [0.717, 1.165) is 6.42 Å². The molecule has 0 aromatic carbocycles. The zero-order valence-electron chi connectivity index (χ0n) is 8.71. The summed E-state index contributed by atoms with van der Waals surface area (Å²) in [6, 6.07) is 6.39. The van der Waals surface area contributed by atoms with Gasteiger partial charge in [-0.15, -0.1) is 11.3 Å². The fourth-order valence-corrected chi connectivity index (χ4v) is 2.56. The average molecular weight is 221 g/mol. The average Bonchev–Trinajstić information content (AvgIpc) is 2.90. The predicted molar refractivity (Wildman–Crippen MR) is 63.0 cm³/mol. The summed E-state index contributed by atoms with van der Waals surface area (Å²) >= 11 is 1.73. The van der Waals surface area contributed by atoms with Crippen LogP contribution in [0.15, 0.2) is 36.0 Å². The van der Waals surface area contributed by atoms with Crippen molar-refractivity contribution >= 4 is 11.3 Å². The van der Waals surface area contributed by atoms with E-state index in [2.05, 4.69) is 29.5 Å². The number of hydrogen-bond acceptors (Lipinski definition) is 3. The minimum Gasteiger partial charge on any atom is -0.326 e. The van der Waals surface area contributed by atoms with E-state index in [-0.39, 0.29) is 12.1 Å². The molecule has 2 N–H and O–H groups in total. The number of thiophene rings is 1. The van der Waals surface area contributed by atoms with Crippen LogP contribution in [0, 0.1) is 0 Å². The number of rotatable bonds is 4. The first-order valence-electron chi connectivity index (χ1n) is 5.11. The summed E-state index contributed by atoms with van der Waals surface area (Å²) < 4.78 is 1.94. The van der Waals surface area contributed by atoms with Crippen LogP contribution in [0.5, 0.6) is 0 Å². The minimum absolute atomic E-state index is 0.114. The van der Waals surface area contributed by atoms with Gasteiger partial charge >= 0.3 is 0 Å². The van der Waals surface area contributed by atoms with Crippen molar-refractivity contribution in [3.05, 3.63) is 40.8 Å². The quantitative estimate of drug-likeness (QED) is 0.860. The Morgan fingerprint density at radius 2 is 2.40 bits per heavy atom. The molecule has 0 aliphatic carbocycles. The molecule has 2 atom stereocenters. The van der Waals surface area contributed by atoms with Gasteiger partial charge in [-0.25, -0.2) is 0 Å². The molecule has 0 saturated carbocycles. The zero-order chi connectivity index (χ0) is 10.7. The van der Waals surface area contributed by atoms with Gasteiger partial charge in [0, 0.05) is 23.3 Å². The molecule has 2 unspecified atom stereocenters. The van der Waals surface area contributed by atoms with Crippen molar-refractivity contribution in [2.24, 2.45) is 5.73 Å². The number of aromatic nitrogens is 2. The van der Waals surface area contributed by atoms with Crippen molar-refractivity contribution < 1.29 is 0 Å². The lowest BCUT2D eigenvalue weighted by Crippen LogP contribution is -2.32. The van der Waals surface area contributed by atoms with Crippen LogP contribution in [0.3, 0.4) is 0 Å². The van der Waals surface area contributed by atoms with Gasteiger partial charge in [-0.1, -0.05) is 13.0 Å². The maximum atomic E-state index is 6.15. The van der Waals surface area contributed by atoms with Gasteiger partial charge in [0.1, 0.15) is 6.04 Å². The van der Waals surface area contributed by atoms with E-state index < -0.39 is 0 Å². The lowest BCUT2D eigenvalue weighted by molar-refractivity contribution is 0.430. The fraction of sp³-hybridized carbons (Fsp3) is 0.364. The molecular weight excluding hydrogens is 206 g/mol. The second-order valence-corrected chi connectivity index (χ2v) is 4.50. The fourth-order valence-electron chi connectivity index (χ4n) is 1.67. The molecule has 15 heavy (non-hydrogen) atoms. The summed E-state index contributed by atoms with van der Waals surface area (Å²) in [4.78, 5) is 1.27. The summed E-state index contributed by atoms with van der Waals surface area (Å²) in [6.45, 7) is 2.11. The number of nitrogens with two attached hydrogens (primary N) is 1. The first-order valence-corrected chi connectivity index (χ1v) is 5.99. The van der Waals surface area contributed by atoms with Crippen molar-refractivity contribution in [2.75, 3.05) is 0 Å². The van der Waals surface area contributed by atoms with Gasteiger partial charge < -0.3 is 5.73 Å². The molecule has 0 bridgehead atoms. The third-order valence-electron chi connectivity index (χ3n) is 2.52. The Balaban J connectivity index is 2.33. The van der Waals surface area contributed by atoms with E-state index in [4.69, 9.17) is 5.73 Å². The standard InChI is InChI=1S/C11H15N3S/c1-2-9(12)11(10-5-3-8-15-10)14-7-4-6-13-14/h3-9,11H,2,12H2,1H3. The van der Waals surface area contributed by atoms with Crippen molar-refractivity contribution in [1.82, 2.24) is 9.78 Å². The summed E-state index contributed by atoms with van der Waals surface area (Å²) in [5, 5.41) is 6.36. The van der Waals surface area contributed by atoms with Crippen molar-refractivity contribution in [1.29, 1.82) is 0 Å². The molecule has 2 aromatic rings. The van der Waals surface area contributed by atoms with Crippen LogP contribution >= 0.6 is 11.3 Å². The smallest absolute Gasteiger partial charge is 0.101 e. The minimum atomic E-state index is 0.114. The second kappa shape index (κ2) is 4.59. The Morgan fingerprint density at radius 1 is 1.53 bits per heavy atom. The van der Waals surface area contributed by atoms with Crippen LogP contribution in [-0.4, -0.2) is 15.8 Å². The normalized spacial score (nSPS) is 15.1. The van der Waals surface area contributed by atoms with Gasteiger partial charge in [0.15, 0.2) is 0 Å². The van der Waals surface area contributed by atoms with Gasteiger partial charge in [-0.2, -0.15) is 5.10 Å². The Morgan fingerprint density at radius 3 is 2.93 bits per heavy atom. The molecule has 0 amide bonds.